The van der Waals surface area contributed by atoms with Crippen LogP contribution in [0, 0.1) is 0 Å². The molecule has 5 nitrogen and oxygen atoms in total. The number of nitrogens with two attached hydrogens (primary N) is 1. The molecule has 2 aromatic carbocycles. The molecule has 5 heteroatoms. The number of phenols is 2. The number of carbonyl (C=O) groups is 1. The smallest absolute Gasteiger partial charge is 0.262 e. The summed E-state index contributed by atoms with van der Waals surface area (Å²) in [4.78, 5) is 13.9. The quantitative estimate of drug-likeness (QED) is 0.591. The summed E-state index contributed by atoms with van der Waals surface area (Å²) in [5.74, 6) is -0.678. The summed E-state index contributed by atoms with van der Waals surface area (Å²) in [7, 11) is 0. The first kappa shape index (κ1) is 13.7. The van der Waals surface area contributed by atoms with E-state index in [2.05, 4.69) is 0 Å². The average Bonchev–Trinajstić information content (AvgIpc) is 2.44. The summed E-state index contributed by atoms with van der Waals surface area (Å²) < 4.78 is 0. The molecule has 0 spiro atoms. The monoisotopic (exact) mass is 272 g/mol. The molecule has 0 heterocycles. The number of hydrogen-bond acceptors (Lipinski definition) is 4. The van der Waals surface area contributed by atoms with E-state index < -0.39 is 5.91 Å². The minimum Gasteiger partial charge on any atom is -0.508 e. The van der Waals surface area contributed by atoms with Gasteiger partial charge in [-0.05, 0) is 37.3 Å². The van der Waals surface area contributed by atoms with Crippen LogP contribution in [-0.4, -0.2) is 22.7 Å². The Morgan fingerprint density at radius 1 is 1.20 bits per heavy atom. The molecule has 0 radical (unpaired) electrons. The highest BCUT2D eigenvalue weighted by Gasteiger charge is 2.21. The summed E-state index contributed by atoms with van der Waals surface area (Å²) in [6.07, 6.45) is 0. The largest absolute Gasteiger partial charge is 0.508 e. The summed E-state index contributed by atoms with van der Waals surface area (Å²) in [5, 5.41) is 19.2. The highest BCUT2D eigenvalue weighted by molar-refractivity contribution is 6.09. The van der Waals surface area contributed by atoms with E-state index in [1.54, 1.807) is 24.3 Å². The normalized spacial score (nSPS) is 10.2. The number of rotatable bonds is 3. The highest BCUT2D eigenvalue weighted by atomic mass is 16.3. The first-order valence-corrected chi connectivity index (χ1v) is 6.23. The lowest BCUT2D eigenvalue weighted by atomic mass is 10.1. The highest BCUT2D eigenvalue weighted by Crippen LogP contribution is 2.28. The summed E-state index contributed by atoms with van der Waals surface area (Å²) in [6.45, 7) is 2.20. The van der Waals surface area contributed by atoms with Gasteiger partial charge in [0.25, 0.3) is 5.91 Å². The zero-order valence-corrected chi connectivity index (χ0v) is 11.1. The fraction of sp³-hybridized carbons (Fsp3) is 0.133. The molecule has 0 aliphatic rings. The van der Waals surface area contributed by atoms with Crippen LogP contribution in [0.5, 0.6) is 11.5 Å². The second kappa shape index (κ2) is 5.52. The van der Waals surface area contributed by atoms with Crippen molar-refractivity contribution in [1.82, 2.24) is 0 Å². The topological polar surface area (TPSA) is 86.8 Å². The molecule has 0 saturated carbocycles. The van der Waals surface area contributed by atoms with Crippen molar-refractivity contribution < 1.29 is 15.0 Å². The first-order valence-electron chi connectivity index (χ1n) is 6.23. The minimum absolute atomic E-state index is 0.0371. The Morgan fingerprint density at radius 3 is 2.55 bits per heavy atom. The molecule has 1 amide bonds. The molecule has 0 saturated heterocycles. The Morgan fingerprint density at radius 2 is 1.90 bits per heavy atom. The van der Waals surface area contributed by atoms with Gasteiger partial charge < -0.3 is 20.8 Å². The van der Waals surface area contributed by atoms with Gasteiger partial charge in [0.05, 0.1) is 16.9 Å². The summed E-state index contributed by atoms with van der Waals surface area (Å²) >= 11 is 0. The van der Waals surface area contributed by atoms with Gasteiger partial charge in [0.2, 0.25) is 0 Å². The van der Waals surface area contributed by atoms with E-state index in [1.807, 2.05) is 6.92 Å². The van der Waals surface area contributed by atoms with Gasteiger partial charge in [0.1, 0.15) is 11.5 Å². The van der Waals surface area contributed by atoms with Gasteiger partial charge >= 0.3 is 0 Å². The molecule has 0 bridgehead atoms. The number of hydrogen-bond donors (Lipinski definition) is 3. The van der Waals surface area contributed by atoms with Crippen molar-refractivity contribution in [3.8, 4) is 11.5 Å². The minimum atomic E-state index is -0.418. The fourth-order valence-corrected chi connectivity index (χ4v) is 2.00. The third-order valence-corrected chi connectivity index (χ3v) is 3.00. The van der Waals surface area contributed by atoms with Crippen molar-refractivity contribution in [2.45, 2.75) is 6.92 Å². The van der Waals surface area contributed by atoms with Crippen molar-refractivity contribution in [2.24, 2.45) is 0 Å². The lowest BCUT2D eigenvalue weighted by Gasteiger charge is -2.23. The zero-order valence-electron chi connectivity index (χ0n) is 11.1. The van der Waals surface area contributed by atoms with Crippen molar-refractivity contribution in [1.29, 1.82) is 0 Å². The molecule has 2 aromatic rings. The molecule has 20 heavy (non-hydrogen) atoms. The number of aromatic hydroxyl groups is 2. The molecule has 0 unspecified atom stereocenters. The fourth-order valence-electron chi connectivity index (χ4n) is 2.00. The van der Waals surface area contributed by atoms with E-state index in [4.69, 9.17) is 5.73 Å². The van der Waals surface area contributed by atoms with Gasteiger partial charge in [-0.25, -0.2) is 0 Å². The van der Waals surface area contributed by atoms with Crippen molar-refractivity contribution in [2.75, 3.05) is 17.2 Å². The van der Waals surface area contributed by atoms with Gasteiger partial charge in [-0.2, -0.15) is 0 Å². The van der Waals surface area contributed by atoms with Gasteiger partial charge in [0.15, 0.2) is 0 Å². The zero-order chi connectivity index (χ0) is 14.7. The second-order valence-electron chi connectivity index (χ2n) is 4.31. The van der Waals surface area contributed by atoms with Gasteiger partial charge in [-0.1, -0.05) is 12.1 Å². The van der Waals surface area contributed by atoms with Gasteiger partial charge in [-0.15, -0.1) is 0 Å². The summed E-state index contributed by atoms with van der Waals surface area (Å²) in [6, 6.07) is 10.8. The van der Waals surface area contributed by atoms with Gasteiger partial charge in [-0.3, -0.25) is 4.79 Å². The van der Waals surface area contributed by atoms with E-state index in [9.17, 15) is 15.0 Å². The molecule has 0 atom stereocenters. The van der Waals surface area contributed by atoms with Crippen LogP contribution in [0.4, 0.5) is 11.4 Å². The number of phenolic OH excluding ortho intramolecular Hbond substituents is 2. The first-order chi connectivity index (χ1) is 9.54. The Hall–Kier alpha value is -2.69. The lowest BCUT2D eigenvalue weighted by molar-refractivity contribution is 0.0985. The van der Waals surface area contributed by atoms with Crippen LogP contribution in [-0.2, 0) is 0 Å². The van der Waals surface area contributed by atoms with Crippen LogP contribution in [0.15, 0.2) is 42.5 Å². The molecular weight excluding hydrogens is 256 g/mol. The third kappa shape index (κ3) is 2.51. The predicted molar refractivity (Wildman–Crippen MR) is 78.0 cm³/mol. The lowest BCUT2D eigenvalue weighted by Crippen LogP contribution is -2.31. The number of carbonyl (C=O) groups excluding carboxylic acids is 1. The molecule has 0 aliphatic heterocycles. The van der Waals surface area contributed by atoms with Crippen molar-refractivity contribution in [3.05, 3.63) is 48.0 Å². The van der Waals surface area contributed by atoms with Crippen LogP contribution in [0.3, 0.4) is 0 Å². The van der Waals surface area contributed by atoms with Crippen LogP contribution >= 0.6 is 0 Å². The third-order valence-electron chi connectivity index (χ3n) is 3.00. The SMILES string of the molecule is CCN(C(=O)c1cc(O)ccc1O)c1ccccc1N. The summed E-state index contributed by atoms with van der Waals surface area (Å²) in [5.41, 5.74) is 6.96. The molecule has 2 rings (SSSR count). The van der Waals surface area contributed by atoms with E-state index >= 15 is 0 Å². The maximum atomic E-state index is 12.5. The Balaban J connectivity index is 2.45. The molecule has 0 aromatic heterocycles. The van der Waals surface area contributed by atoms with Crippen LogP contribution in [0.2, 0.25) is 0 Å². The number of para-hydroxylation sites is 2. The Bertz CT molecular complexity index is 641. The molecule has 0 aliphatic carbocycles. The van der Waals surface area contributed by atoms with E-state index in [-0.39, 0.29) is 17.1 Å². The Kier molecular flexibility index (Phi) is 3.79. The van der Waals surface area contributed by atoms with Crippen LogP contribution < -0.4 is 10.6 Å². The molecule has 4 N–H and O–H groups in total. The number of nitrogens with zero attached hydrogens (tertiary/aromatic N) is 1. The van der Waals surface area contributed by atoms with Crippen LogP contribution in [0.1, 0.15) is 17.3 Å². The number of nitrogen functional groups attached to an aromatic ring is 1. The van der Waals surface area contributed by atoms with Gasteiger partial charge in [0, 0.05) is 6.54 Å². The van der Waals surface area contributed by atoms with Crippen LogP contribution in [0.25, 0.3) is 0 Å². The number of benzene rings is 2. The molecule has 0 fully saturated rings. The molecule has 104 valence electrons. The van der Waals surface area contributed by atoms with E-state index in [0.717, 1.165) is 0 Å². The molecular formula is C15H16N2O3. The second-order valence-corrected chi connectivity index (χ2v) is 4.31. The van der Waals surface area contributed by atoms with Crippen molar-refractivity contribution >= 4 is 17.3 Å². The predicted octanol–water partition coefficient (Wildman–Crippen LogP) is 2.35. The number of anilines is 2. The Labute approximate surface area is 116 Å². The standard InChI is InChI=1S/C15H16N2O3/c1-2-17(13-6-4-3-5-12(13)16)15(20)11-9-10(18)7-8-14(11)19/h3-9,18-19H,2,16H2,1H3. The van der Waals surface area contributed by atoms with E-state index in [0.29, 0.717) is 17.9 Å². The average molecular weight is 272 g/mol. The maximum absolute atomic E-state index is 12.5. The van der Waals surface area contributed by atoms with Crippen molar-refractivity contribution in [3.63, 3.8) is 0 Å². The van der Waals surface area contributed by atoms with E-state index in [1.165, 1.54) is 23.1 Å². The number of amides is 1. The maximum Gasteiger partial charge on any atom is 0.262 e.